The second-order valence-corrected chi connectivity index (χ2v) is 6.40. The highest BCUT2D eigenvalue weighted by Crippen LogP contribution is 2.25. The number of benzene rings is 1. The monoisotopic (exact) mass is 354 g/mol. The van der Waals surface area contributed by atoms with Crippen LogP contribution in [0.2, 0.25) is 10.0 Å². The molecule has 0 radical (unpaired) electrons. The zero-order valence-corrected chi connectivity index (χ0v) is 15.1. The van der Waals surface area contributed by atoms with Crippen LogP contribution in [0.1, 0.15) is 24.4 Å². The van der Waals surface area contributed by atoms with Gasteiger partial charge in [0.1, 0.15) is 0 Å². The second-order valence-electron chi connectivity index (χ2n) is 5.59. The van der Waals surface area contributed by atoms with Gasteiger partial charge in [-0.15, -0.1) is 0 Å². The van der Waals surface area contributed by atoms with Gasteiger partial charge in [0, 0.05) is 20.6 Å². The number of nitrogens with two attached hydrogens (primary N) is 1. The van der Waals surface area contributed by atoms with Gasteiger partial charge in [-0.1, -0.05) is 29.3 Å². The zero-order chi connectivity index (χ0) is 17.1. The molecule has 0 bridgehead atoms. The molecule has 0 saturated heterocycles. The Kier molecular flexibility index (Phi) is 5.62. The lowest BCUT2D eigenvalue weighted by Crippen LogP contribution is -2.25. The summed E-state index contributed by atoms with van der Waals surface area (Å²) in [5.74, 6) is 1.39. The van der Waals surface area contributed by atoms with Gasteiger partial charge >= 0.3 is 0 Å². The molecule has 0 aliphatic carbocycles. The molecule has 2 rings (SSSR count). The first-order chi connectivity index (χ1) is 10.8. The quantitative estimate of drug-likeness (QED) is 0.889. The van der Waals surface area contributed by atoms with Gasteiger partial charge in [-0.25, -0.2) is 0 Å². The Labute approximate surface area is 146 Å². The molecular formula is C15H20Cl2N6. The van der Waals surface area contributed by atoms with Crippen LogP contribution >= 0.6 is 23.2 Å². The Morgan fingerprint density at radius 1 is 1.09 bits per heavy atom. The van der Waals surface area contributed by atoms with Crippen molar-refractivity contribution in [2.24, 2.45) is 0 Å². The number of nitrogens with zero attached hydrogens (tertiary/aromatic N) is 5. The molecule has 0 amide bonds. The molecule has 1 aromatic heterocycles. The molecule has 0 fully saturated rings. The van der Waals surface area contributed by atoms with Gasteiger partial charge in [-0.05, 0) is 31.7 Å². The fourth-order valence-electron chi connectivity index (χ4n) is 2.04. The highest BCUT2D eigenvalue weighted by Gasteiger charge is 2.18. The lowest BCUT2D eigenvalue weighted by molar-refractivity contribution is 0.243. The fourth-order valence-corrected chi connectivity index (χ4v) is 2.36. The number of nitrogen functional groups attached to an aromatic ring is 1. The Morgan fingerprint density at radius 3 is 2.39 bits per heavy atom. The highest BCUT2D eigenvalue weighted by molar-refractivity contribution is 6.42. The first-order valence-corrected chi connectivity index (χ1v) is 7.86. The molecular weight excluding hydrogens is 335 g/mol. The van der Waals surface area contributed by atoms with Crippen LogP contribution < -0.4 is 10.6 Å². The maximum Gasteiger partial charge on any atom is 0.229 e. The average Bonchev–Trinajstić information content (AvgIpc) is 2.49. The minimum atomic E-state index is -0.0338. The molecule has 23 heavy (non-hydrogen) atoms. The predicted octanol–water partition coefficient (Wildman–Crippen LogP) is 3.02. The molecule has 6 nitrogen and oxygen atoms in total. The fraction of sp³-hybridized carbons (Fsp3) is 0.400. The van der Waals surface area contributed by atoms with E-state index in [0.717, 1.165) is 5.56 Å². The lowest BCUT2D eigenvalue weighted by atomic mass is 10.2. The van der Waals surface area contributed by atoms with Crippen molar-refractivity contribution in [3.05, 3.63) is 39.6 Å². The van der Waals surface area contributed by atoms with Gasteiger partial charge in [-0.3, -0.25) is 4.90 Å². The van der Waals surface area contributed by atoms with Gasteiger partial charge in [0.2, 0.25) is 11.9 Å². The average molecular weight is 355 g/mol. The van der Waals surface area contributed by atoms with Crippen molar-refractivity contribution >= 4 is 35.1 Å². The van der Waals surface area contributed by atoms with E-state index in [9.17, 15) is 0 Å². The number of halogens is 2. The normalized spacial score (nSPS) is 12.5. The minimum absolute atomic E-state index is 0.0338. The van der Waals surface area contributed by atoms with Gasteiger partial charge in [0.05, 0.1) is 16.1 Å². The molecule has 0 aliphatic rings. The summed E-state index contributed by atoms with van der Waals surface area (Å²) in [6.45, 7) is 2.70. The van der Waals surface area contributed by atoms with E-state index in [2.05, 4.69) is 19.9 Å². The smallest absolute Gasteiger partial charge is 0.229 e. The molecule has 0 saturated carbocycles. The summed E-state index contributed by atoms with van der Waals surface area (Å²) in [4.78, 5) is 16.7. The maximum absolute atomic E-state index is 6.06. The van der Waals surface area contributed by atoms with Crippen molar-refractivity contribution in [3.63, 3.8) is 0 Å². The summed E-state index contributed by atoms with van der Waals surface area (Å²) in [5, 5.41) is 1.09. The summed E-state index contributed by atoms with van der Waals surface area (Å²) in [7, 11) is 5.72. The standard InChI is InChI=1S/C15H20Cl2N6/c1-9(13-19-14(18)21-15(20-13)22(2)3)23(4)8-10-5-6-11(16)12(17)7-10/h5-7,9H,8H2,1-4H3,(H2,18,19,20,21)/t9-/m1/s1. The number of hydrogen-bond acceptors (Lipinski definition) is 6. The van der Waals surface area contributed by atoms with Crippen LogP contribution in [0.5, 0.6) is 0 Å². The second kappa shape index (κ2) is 7.29. The van der Waals surface area contributed by atoms with Crippen LogP contribution in [0, 0.1) is 0 Å². The SMILES string of the molecule is C[C@H](c1nc(N)nc(N(C)C)n1)N(C)Cc1ccc(Cl)c(Cl)c1. The molecule has 0 unspecified atom stereocenters. The predicted molar refractivity (Wildman–Crippen MR) is 94.9 cm³/mol. The van der Waals surface area contributed by atoms with Gasteiger partial charge in [-0.2, -0.15) is 15.0 Å². The maximum atomic E-state index is 6.06. The largest absolute Gasteiger partial charge is 0.368 e. The molecule has 8 heteroatoms. The van der Waals surface area contributed by atoms with E-state index in [1.54, 1.807) is 11.0 Å². The number of hydrogen-bond donors (Lipinski definition) is 1. The first kappa shape index (κ1) is 17.7. The highest BCUT2D eigenvalue weighted by atomic mass is 35.5. The van der Waals surface area contributed by atoms with E-state index >= 15 is 0 Å². The molecule has 0 spiro atoms. The van der Waals surface area contributed by atoms with Crippen LogP contribution in [0.25, 0.3) is 0 Å². The lowest BCUT2D eigenvalue weighted by Gasteiger charge is -2.24. The van der Waals surface area contributed by atoms with E-state index < -0.39 is 0 Å². The Morgan fingerprint density at radius 2 is 1.78 bits per heavy atom. The third kappa shape index (κ3) is 4.43. The zero-order valence-electron chi connectivity index (χ0n) is 13.6. The van der Waals surface area contributed by atoms with E-state index in [1.807, 2.05) is 40.2 Å². The number of aromatic nitrogens is 3. The van der Waals surface area contributed by atoms with Crippen molar-refractivity contribution < 1.29 is 0 Å². The van der Waals surface area contributed by atoms with E-state index in [4.69, 9.17) is 28.9 Å². The van der Waals surface area contributed by atoms with Crippen molar-refractivity contribution in [2.45, 2.75) is 19.5 Å². The Balaban J connectivity index is 2.18. The number of rotatable bonds is 5. The van der Waals surface area contributed by atoms with Crippen LogP contribution in [0.4, 0.5) is 11.9 Å². The third-order valence-electron chi connectivity index (χ3n) is 3.51. The van der Waals surface area contributed by atoms with Crippen LogP contribution in [0.15, 0.2) is 18.2 Å². The van der Waals surface area contributed by atoms with Crippen molar-refractivity contribution in [2.75, 3.05) is 31.8 Å². The molecule has 0 aliphatic heterocycles. The summed E-state index contributed by atoms with van der Waals surface area (Å²) in [6.07, 6.45) is 0. The topological polar surface area (TPSA) is 71.2 Å². The van der Waals surface area contributed by atoms with E-state index in [1.165, 1.54) is 0 Å². The molecule has 1 heterocycles. The minimum Gasteiger partial charge on any atom is -0.368 e. The van der Waals surface area contributed by atoms with Crippen LogP contribution in [-0.4, -0.2) is 41.0 Å². The van der Waals surface area contributed by atoms with Crippen molar-refractivity contribution in [1.29, 1.82) is 0 Å². The molecule has 124 valence electrons. The first-order valence-electron chi connectivity index (χ1n) is 7.11. The van der Waals surface area contributed by atoms with E-state index in [-0.39, 0.29) is 12.0 Å². The molecule has 1 aromatic carbocycles. The van der Waals surface area contributed by atoms with Crippen LogP contribution in [-0.2, 0) is 6.54 Å². The molecule has 1 atom stereocenters. The van der Waals surface area contributed by atoms with Crippen LogP contribution in [0.3, 0.4) is 0 Å². The van der Waals surface area contributed by atoms with Crippen molar-refractivity contribution in [1.82, 2.24) is 19.9 Å². The Hall–Kier alpha value is -1.63. The Bertz CT molecular complexity index is 692. The summed E-state index contributed by atoms with van der Waals surface area (Å²) >= 11 is 12.0. The van der Waals surface area contributed by atoms with Crippen molar-refractivity contribution in [3.8, 4) is 0 Å². The van der Waals surface area contributed by atoms with Gasteiger partial charge < -0.3 is 10.6 Å². The summed E-state index contributed by atoms with van der Waals surface area (Å²) in [6, 6.07) is 5.57. The summed E-state index contributed by atoms with van der Waals surface area (Å²) < 4.78 is 0. The number of anilines is 2. The molecule has 2 aromatic rings. The summed E-state index contributed by atoms with van der Waals surface area (Å²) in [5.41, 5.74) is 6.84. The third-order valence-corrected chi connectivity index (χ3v) is 4.25. The van der Waals surface area contributed by atoms with Gasteiger partial charge in [0.25, 0.3) is 0 Å². The van der Waals surface area contributed by atoms with Gasteiger partial charge in [0.15, 0.2) is 5.82 Å². The molecule has 2 N–H and O–H groups in total. The van der Waals surface area contributed by atoms with E-state index in [0.29, 0.717) is 28.4 Å².